The summed E-state index contributed by atoms with van der Waals surface area (Å²) in [5.74, 6) is 0.614. The maximum absolute atomic E-state index is 13.8. The van der Waals surface area contributed by atoms with Crippen LogP contribution >= 0.6 is 0 Å². The molecule has 2 fully saturated rings. The zero-order chi connectivity index (χ0) is 24.7. The average molecular weight is 486 g/mol. The first-order valence-corrected chi connectivity index (χ1v) is 12.8. The maximum atomic E-state index is 13.8. The molecule has 3 aromatic rings. The number of aromatic nitrogens is 2. The second-order valence-corrected chi connectivity index (χ2v) is 10.2. The van der Waals surface area contributed by atoms with Crippen LogP contribution in [0.4, 0.5) is 5.69 Å². The predicted molar refractivity (Wildman–Crippen MR) is 138 cm³/mol. The lowest BCUT2D eigenvalue weighted by Gasteiger charge is -2.29. The number of nitrogens with zero attached hydrogens (tertiary/aromatic N) is 5. The van der Waals surface area contributed by atoms with Crippen molar-refractivity contribution >= 4 is 11.6 Å². The van der Waals surface area contributed by atoms with Gasteiger partial charge >= 0.3 is 0 Å². The number of amides is 1. The average Bonchev–Trinajstić information content (AvgIpc) is 3.33. The van der Waals surface area contributed by atoms with E-state index in [1.165, 1.54) is 44.3 Å². The van der Waals surface area contributed by atoms with Gasteiger partial charge in [0.15, 0.2) is 0 Å². The van der Waals surface area contributed by atoms with Gasteiger partial charge in [0.2, 0.25) is 0 Å². The van der Waals surface area contributed by atoms with Crippen LogP contribution in [0, 0.1) is 4.91 Å². The molecule has 0 spiro atoms. The highest BCUT2D eigenvalue weighted by molar-refractivity contribution is 6.07. The third kappa shape index (κ3) is 3.99. The molecule has 0 N–H and O–H groups in total. The quantitative estimate of drug-likeness (QED) is 0.440. The van der Waals surface area contributed by atoms with Crippen molar-refractivity contribution in [3.05, 3.63) is 76.0 Å². The van der Waals surface area contributed by atoms with E-state index in [-0.39, 0.29) is 17.9 Å². The topological polar surface area (TPSA) is 80.0 Å². The third-order valence-electron chi connectivity index (χ3n) is 8.00. The van der Waals surface area contributed by atoms with E-state index in [9.17, 15) is 9.70 Å². The first kappa shape index (κ1) is 22.9. The summed E-state index contributed by atoms with van der Waals surface area (Å²) in [7, 11) is 1.61. The Morgan fingerprint density at radius 1 is 0.972 bits per heavy atom. The van der Waals surface area contributed by atoms with E-state index < -0.39 is 0 Å². The molecule has 3 heterocycles. The van der Waals surface area contributed by atoms with Crippen LogP contribution in [0.15, 0.2) is 53.7 Å². The Balaban J connectivity index is 1.29. The van der Waals surface area contributed by atoms with Gasteiger partial charge in [-0.05, 0) is 87.2 Å². The molecule has 6 rings (SSSR count). The van der Waals surface area contributed by atoms with E-state index in [1.807, 2.05) is 29.2 Å². The highest BCUT2D eigenvalue weighted by atomic mass is 16.5. The van der Waals surface area contributed by atoms with E-state index in [4.69, 9.17) is 4.74 Å². The lowest BCUT2D eigenvalue weighted by atomic mass is 9.94. The third-order valence-corrected chi connectivity index (χ3v) is 8.00. The Morgan fingerprint density at radius 2 is 1.67 bits per heavy atom. The number of carbonyl (C=O) groups excluding carboxylic acids is 1. The molecule has 3 aliphatic rings. The predicted octanol–water partition coefficient (Wildman–Crippen LogP) is 4.48. The van der Waals surface area contributed by atoms with Gasteiger partial charge in [-0.15, -0.1) is 0 Å². The van der Waals surface area contributed by atoms with Crippen LogP contribution in [-0.2, 0) is 18.4 Å². The number of fused-ring (bicyclic) bond motifs is 1. The van der Waals surface area contributed by atoms with Crippen molar-refractivity contribution in [3.63, 3.8) is 0 Å². The number of nitroso groups, excluding NO2 is 1. The van der Waals surface area contributed by atoms with Crippen LogP contribution in [-0.4, -0.2) is 53.9 Å². The molecule has 1 aliphatic carbocycles. The molecular weight excluding hydrogens is 454 g/mol. The van der Waals surface area contributed by atoms with Crippen molar-refractivity contribution in [3.8, 4) is 11.4 Å². The molecule has 8 nitrogen and oxygen atoms in total. The second kappa shape index (κ2) is 9.17. The van der Waals surface area contributed by atoms with Gasteiger partial charge < -0.3 is 14.5 Å². The minimum atomic E-state index is -0.109. The zero-order valence-electron chi connectivity index (χ0n) is 20.7. The molecule has 0 radical (unpaired) electrons. The van der Waals surface area contributed by atoms with Crippen molar-refractivity contribution < 1.29 is 9.53 Å². The zero-order valence-corrected chi connectivity index (χ0v) is 20.7. The molecule has 1 amide bonds. The van der Waals surface area contributed by atoms with Gasteiger partial charge in [-0.1, -0.05) is 17.3 Å². The Morgan fingerprint density at radius 3 is 2.31 bits per heavy atom. The normalized spacial score (nSPS) is 18.8. The lowest BCUT2D eigenvalue weighted by molar-refractivity contribution is 0.0973. The second-order valence-electron chi connectivity index (χ2n) is 10.2. The summed E-state index contributed by atoms with van der Waals surface area (Å²) < 4.78 is 6.91. The number of hydrogen-bond acceptors (Lipinski definition) is 6. The minimum absolute atomic E-state index is 0.0490. The summed E-state index contributed by atoms with van der Waals surface area (Å²) in [6.45, 7) is 4.08. The number of benzene rings is 2. The van der Waals surface area contributed by atoms with Gasteiger partial charge in [0.05, 0.1) is 18.5 Å². The van der Waals surface area contributed by atoms with Gasteiger partial charge in [-0.25, -0.2) is 4.68 Å². The SMILES string of the molecule is COc1ccc(-n2nc(CN=O)c3c2C(=O)N(c2ccc(C4(CN5CCCC5)CC4)cc2)CC3)cc1. The van der Waals surface area contributed by atoms with E-state index in [0.29, 0.717) is 24.4 Å². The summed E-state index contributed by atoms with van der Waals surface area (Å²) in [6, 6.07) is 16.0. The van der Waals surface area contributed by atoms with Crippen LogP contribution in [0.3, 0.4) is 0 Å². The standard InChI is InChI=1S/C28H31N5O3/c1-36-23-10-8-22(9-11-23)33-26-24(25(30-33)18-29-35)12-17-32(27(26)34)21-6-4-20(5-7-21)28(13-14-28)19-31-15-2-3-16-31/h4-11H,2-3,12-19H2,1H3. The van der Waals surface area contributed by atoms with E-state index in [1.54, 1.807) is 11.8 Å². The molecule has 186 valence electrons. The number of ether oxygens (including phenoxy) is 1. The molecule has 0 bridgehead atoms. The monoisotopic (exact) mass is 485 g/mol. The molecule has 1 aromatic heterocycles. The van der Waals surface area contributed by atoms with Gasteiger partial charge in [0.25, 0.3) is 5.91 Å². The maximum Gasteiger partial charge on any atom is 0.277 e. The highest BCUT2D eigenvalue weighted by Gasteiger charge is 2.45. The molecule has 1 saturated heterocycles. The molecule has 0 atom stereocenters. The van der Waals surface area contributed by atoms with Gasteiger partial charge in [-0.2, -0.15) is 10.0 Å². The number of rotatable bonds is 8. The van der Waals surface area contributed by atoms with E-state index in [2.05, 4.69) is 39.4 Å². The van der Waals surface area contributed by atoms with Crippen molar-refractivity contribution in [2.45, 2.75) is 44.1 Å². The number of anilines is 1. The summed E-state index contributed by atoms with van der Waals surface area (Å²) in [5.41, 5.74) is 5.18. The van der Waals surface area contributed by atoms with Crippen molar-refractivity contribution in [2.75, 3.05) is 38.2 Å². The Labute approximate surface area is 210 Å². The summed E-state index contributed by atoms with van der Waals surface area (Å²) in [4.78, 5) is 29.3. The highest BCUT2D eigenvalue weighted by Crippen LogP contribution is 2.49. The number of likely N-dealkylation sites (tertiary alicyclic amines) is 1. The molecule has 2 aromatic carbocycles. The lowest BCUT2D eigenvalue weighted by Crippen LogP contribution is -2.39. The Hall–Kier alpha value is -3.52. The molecule has 2 aliphatic heterocycles. The van der Waals surface area contributed by atoms with Crippen molar-refractivity contribution in [1.29, 1.82) is 0 Å². The van der Waals surface area contributed by atoms with E-state index in [0.717, 1.165) is 29.2 Å². The molecule has 1 saturated carbocycles. The molecule has 36 heavy (non-hydrogen) atoms. The van der Waals surface area contributed by atoms with E-state index >= 15 is 0 Å². The molecule has 0 unspecified atom stereocenters. The van der Waals surface area contributed by atoms with Crippen LogP contribution in [0.2, 0.25) is 0 Å². The van der Waals surface area contributed by atoms with Crippen LogP contribution < -0.4 is 9.64 Å². The van der Waals surface area contributed by atoms with Gasteiger partial charge in [0.1, 0.15) is 18.0 Å². The Kier molecular flexibility index (Phi) is 5.84. The van der Waals surface area contributed by atoms with Crippen molar-refractivity contribution in [1.82, 2.24) is 14.7 Å². The number of methoxy groups -OCH3 is 1. The minimum Gasteiger partial charge on any atom is -0.497 e. The van der Waals surface area contributed by atoms with Crippen molar-refractivity contribution in [2.24, 2.45) is 5.18 Å². The smallest absolute Gasteiger partial charge is 0.277 e. The number of hydrogen-bond donors (Lipinski definition) is 0. The fourth-order valence-corrected chi connectivity index (χ4v) is 5.83. The summed E-state index contributed by atoms with van der Waals surface area (Å²) in [5, 5.41) is 7.67. The first-order chi connectivity index (χ1) is 17.6. The first-order valence-electron chi connectivity index (χ1n) is 12.8. The Bertz CT molecular complexity index is 1270. The van der Waals surface area contributed by atoms with Gasteiger partial charge in [0, 0.05) is 29.8 Å². The van der Waals surface area contributed by atoms with Crippen LogP contribution in [0.25, 0.3) is 5.69 Å². The van der Waals surface area contributed by atoms with Crippen LogP contribution in [0.5, 0.6) is 5.75 Å². The summed E-state index contributed by atoms with van der Waals surface area (Å²) >= 11 is 0. The molecule has 8 heteroatoms. The molecular formula is C28H31N5O3. The summed E-state index contributed by atoms with van der Waals surface area (Å²) in [6.07, 6.45) is 5.73. The fourth-order valence-electron chi connectivity index (χ4n) is 5.83. The fraction of sp³-hybridized carbons (Fsp3) is 0.429. The van der Waals surface area contributed by atoms with Crippen LogP contribution in [0.1, 0.15) is 53.0 Å². The largest absolute Gasteiger partial charge is 0.497 e. The number of carbonyl (C=O) groups is 1. The van der Waals surface area contributed by atoms with Gasteiger partial charge in [-0.3, -0.25) is 4.79 Å².